The smallest absolute Gasteiger partial charge is 0.407 e. The van der Waals surface area contributed by atoms with Gasteiger partial charge in [-0.3, -0.25) is 9.59 Å². The van der Waals surface area contributed by atoms with Crippen LogP contribution in [0.25, 0.3) is 22.6 Å². The molecule has 11 nitrogen and oxygen atoms in total. The van der Waals surface area contributed by atoms with Crippen molar-refractivity contribution in [1.82, 2.24) is 20.3 Å². The zero-order valence-corrected chi connectivity index (χ0v) is 21.4. The number of aromatic amines is 1. The number of ether oxygens (including phenoxy) is 1. The van der Waals surface area contributed by atoms with Gasteiger partial charge in [-0.05, 0) is 51.1 Å². The monoisotopic (exact) mass is 542 g/mol. The number of halogens is 2. The second-order valence-electron chi connectivity index (χ2n) is 9.16. The fourth-order valence-electron chi connectivity index (χ4n) is 3.33. The molecule has 38 heavy (non-hydrogen) atoms. The number of nitrogens with one attached hydrogen (secondary N) is 4. The zero-order valence-electron chi connectivity index (χ0n) is 20.6. The van der Waals surface area contributed by atoms with Crippen molar-refractivity contribution in [2.24, 2.45) is 0 Å². The van der Waals surface area contributed by atoms with Gasteiger partial charge in [0.15, 0.2) is 11.4 Å². The fourth-order valence-corrected chi connectivity index (χ4v) is 3.53. The number of carbonyl (C=O) groups excluding carboxylic acids is 3. The van der Waals surface area contributed by atoms with Crippen LogP contribution in [0, 0.1) is 6.01 Å². The predicted molar refractivity (Wildman–Crippen MR) is 138 cm³/mol. The van der Waals surface area contributed by atoms with Crippen LogP contribution in [0.4, 0.5) is 20.6 Å². The number of anilines is 2. The molecule has 0 aliphatic heterocycles. The second kappa shape index (κ2) is 10.9. The highest BCUT2D eigenvalue weighted by Gasteiger charge is 2.17. The number of imidazole rings is 1. The Morgan fingerprint density at radius 1 is 1.11 bits per heavy atom. The molecule has 0 radical (unpaired) electrons. The van der Waals surface area contributed by atoms with Crippen molar-refractivity contribution in [3.05, 3.63) is 59.4 Å². The van der Waals surface area contributed by atoms with Gasteiger partial charge in [0.25, 0.3) is 11.9 Å². The summed E-state index contributed by atoms with van der Waals surface area (Å²) in [5.74, 6) is -0.759. The van der Waals surface area contributed by atoms with Gasteiger partial charge in [-0.1, -0.05) is 11.6 Å². The van der Waals surface area contributed by atoms with Gasteiger partial charge in [0.05, 0.1) is 22.4 Å². The number of furan rings is 1. The molecule has 3 aromatic heterocycles. The lowest BCUT2D eigenvalue weighted by Crippen LogP contribution is -2.34. The van der Waals surface area contributed by atoms with Crippen molar-refractivity contribution >= 4 is 52.0 Å². The molecule has 0 fully saturated rings. The molecule has 0 saturated carbocycles. The zero-order chi connectivity index (χ0) is 27.4. The van der Waals surface area contributed by atoms with Crippen molar-refractivity contribution in [2.45, 2.75) is 32.8 Å². The van der Waals surface area contributed by atoms with E-state index in [2.05, 4.69) is 30.9 Å². The molecule has 0 bridgehead atoms. The summed E-state index contributed by atoms with van der Waals surface area (Å²) in [6.45, 7) is 5.35. The SMILES string of the molecule is CC(C)(C)OC(=O)NCCC(=O)Nc1cnc2nc(-c3cc(NC(=O)c4ccc(F)o4)ccc3Cl)[nH]c2c1. The minimum atomic E-state index is -0.866. The molecular formula is C25H24ClFN6O5. The number of pyridine rings is 1. The number of H-pyrrole nitrogens is 1. The molecule has 0 saturated heterocycles. The molecule has 4 aromatic rings. The first-order chi connectivity index (χ1) is 18.0. The number of rotatable bonds is 7. The van der Waals surface area contributed by atoms with E-state index >= 15 is 0 Å². The third-order valence-electron chi connectivity index (χ3n) is 4.92. The molecule has 13 heteroatoms. The summed E-state index contributed by atoms with van der Waals surface area (Å²) in [5, 5.41) is 8.21. The van der Waals surface area contributed by atoms with Gasteiger partial charge < -0.3 is 30.1 Å². The maximum absolute atomic E-state index is 13.1. The molecule has 198 valence electrons. The van der Waals surface area contributed by atoms with Crippen molar-refractivity contribution in [3.63, 3.8) is 0 Å². The summed E-state index contributed by atoms with van der Waals surface area (Å²) in [7, 11) is 0. The van der Waals surface area contributed by atoms with Gasteiger partial charge in [0, 0.05) is 30.3 Å². The van der Waals surface area contributed by atoms with E-state index in [9.17, 15) is 18.8 Å². The van der Waals surface area contributed by atoms with Crippen molar-refractivity contribution in [2.75, 3.05) is 17.2 Å². The van der Waals surface area contributed by atoms with Crippen LogP contribution in [-0.4, -0.2) is 45.0 Å². The van der Waals surface area contributed by atoms with E-state index in [1.807, 2.05) is 0 Å². The number of aromatic nitrogens is 3. The van der Waals surface area contributed by atoms with E-state index in [4.69, 9.17) is 20.8 Å². The maximum atomic E-state index is 13.1. The van der Waals surface area contributed by atoms with E-state index in [-0.39, 0.29) is 24.6 Å². The first kappa shape index (κ1) is 26.6. The number of carbonyl (C=O) groups is 3. The topological polar surface area (TPSA) is 151 Å². The van der Waals surface area contributed by atoms with Crippen LogP contribution in [0.3, 0.4) is 0 Å². The Bertz CT molecular complexity index is 1510. The average molecular weight is 543 g/mol. The van der Waals surface area contributed by atoms with Crippen molar-refractivity contribution in [1.29, 1.82) is 0 Å². The number of nitrogens with zero attached hydrogens (tertiary/aromatic N) is 2. The molecule has 1 aromatic carbocycles. The minimum Gasteiger partial charge on any atom is -0.444 e. The Morgan fingerprint density at radius 3 is 2.61 bits per heavy atom. The number of amides is 3. The van der Waals surface area contributed by atoms with Gasteiger partial charge in [-0.25, -0.2) is 14.8 Å². The fraction of sp³-hybridized carbons (Fsp3) is 0.240. The quantitative estimate of drug-likeness (QED) is 0.253. The molecule has 4 N–H and O–H groups in total. The van der Waals surface area contributed by atoms with Crippen LogP contribution in [0.15, 0.2) is 47.0 Å². The number of benzene rings is 1. The van der Waals surface area contributed by atoms with Crippen LogP contribution in [0.2, 0.25) is 5.02 Å². The standard InChI is InChI=1S/C25H24ClFN6O5/c1-25(2,3)38-24(36)28-9-8-20(34)30-14-11-17-22(29-12-14)33-21(32-17)15-10-13(4-5-16(15)26)31-23(35)18-6-7-19(27)37-18/h4-7,10-12H,8-9H2,1-3H3,(H,28,36)(H,30,34)(H,31,35)(H,29,32,33). The lowest BCUT2D eigenvalue weighted by atomic mass is 10.2. The maximum Gasteiger partial charge on any atom is 0.407 e. The third-order valence-corrected chi connectivity index (χ3v) is 5.25. The molecule has 3 amide bonds. The molecule has 0 aliphatic carbocycles. The highest BCUT2D eigenvalue weighted by atomic mass is 35.5. The third kappa shape index (κ3) is 6.85. The van der Waals surface area contributed by atoms with E-state index in [1.54, 1.807) is 45.0 Å². The number of hydrogen-bond acceptors (Lipinski definition) is 7. The Kier molecular flexibility index (Phi) is 7.62. The van der Waals surface area contributed by atoms with Gasteiger partial charge in [0.2, 0.25) is 5.91 Å². The summed E-state index contributed by atoms with van der Waals surface area (Å²) in [4.78, 5) is 48.1. The van der Waals surface area contributed by atoms with E-state index in [0.29, 0.717) is 38.9 Å². The first-order valence-electron chi connectivity index (χ1n) is 11.5. The van der Waals surface area contributed by atoms with Crippen LogP contribution in [-0.2, 0) is 9.53 Å². The predicted octanol–water partition coefficient (Wildman–Crippen LogP) is 5.12. The number of alkyl carbamates (subject to hydrolysis) is 1. The Labute approximate surface area is 221 Å². The molecule has 0 unspecified atom stereocenters. The van der Waals surface area contributed by atoms with Gasteiger partial charge in [0.1, 0.15) is 11.4 Å². The first-order valence-corrected chi connectivity index (χ1v) is 11.8. The molecule has 3 heterocycles. The largest absolute Gasteiger partial charge is 0.444 e. The highest BCUT2D eigenvalue weighted by Crippen LogP contribution is 2.30. The summed E-state index contributed by atoms with van der Waals surface area (Å²) in [5.41, 5.74) is 1.56. The lowest BCUT2D eigenvalue weighted by molar-refractivity contribution is -0.116. The van der Waals surface area contributed by atoms with Gasteiger partial charge in [-0.15, -0.1) is 0 Å². The lowest BCUT2D eigenvalue weighted by Gasteiger charge is -2.19. The van der Waals surface area contributed by atoms with E-state index in [0.717, 1.165) is 6.07 Å². The second-order valence-corrected chi connectivity index (χ2v) is 9.57. The molecule has 0 aliphatic rings. The van der Waals surface area contributed by atoms with Crippen LogP contribution in [0.5, 0.6) is 0 Å². The van der Waals surface area contributed by atoms with Crippen molar-refractivity contribution < 1.29 is 27.9 Å². The summed E-state index contributed by atoms with van der Waals surface area (Å²) in [6, 6.07) is 7.80. The highest BCUT2D eigenvalue weighted by molar-refractivity contribution is 6.33. The normalized spacial score (nSPS) is 11.3. The molecule has 4 rings (SSSR count). The number of fused-ring (bicyclic) bond motifs is 1. The average Bonchev–Trinajstić information content (AvgIpc) is 3.45. The van der Waals surface area contributed by atoms with Crippen LogP contribution in [0.1, 0.15) is 37.7 Å². The Balaban J connectivity index is 1.42. The van der Waals surface area contributed by atoms with Crippen molar-refractivity contribution in [3.8, 4) is 11.4 Å². The van der Waals surface area contributed by atoms with Crippen LogP contribution < -0.4 is 16.0 Å². The molecule has 0 atom stereocenters. The number of hydrogen-bond donors (Lipinski definition) is 4. The van der Waals surface area contributed by atoms with E-state index in [1.165, 1.54) is 12.3 Å². The minimum absolute atomic E-state index is 0.0320. The molecular weight excluding hydrogens is 519 g/mol. The van der Waals surface area contributed by atoms with E-state index < -0.39 is 23.6 Å². The molecule has 0 spiro atoms. The van der Waals surface area contributed by atoms with Gasteiger partial charge >= 0.3 is 6.09 Å². The summed E-state index contributed by atoms with van der Waals surface area (Å²) in [6.07, 6.45) is 0.882. The Morgan fingerprint density at radius 2 is 1.89 bits per heavy atom. The summed E-state index contributed by atoms with van der Waals surface area (Å²) >= 11 is 6.36. The van der Waals surface area contributed by atoms with Gasteiger partial charge in [-0.2, -0.15) is 4.39 Å². The summed E-state index contributed by atoms with van der Waals surface area (Å²) < 4.78 is 22.9. The Hall–Kier alpha value is -4.45. The van der Waals surface area contributed by atoms with Crippen LogP contribution >= 0.6 is 11.6 Å².